The standard InChI is InChI=1S/C5H11NOSi/c1-3-4-6(8)5(2)7/h3H,1,4H2,2,8H3. The summed E-state index contributed by atoms with van der Waals surface area (Å²) in [4.78, 5) is 10.4. The highest BCUT2D eigenvalue weighted by Gasteiger charge is 1.94. The monoisotopic (exact) mass is 129 g/mol. The van der Waals surface area contributed by atoms with Gasteiger partial charge < -0.3 is 4.57 Å². The number of nitrogens with zero attached hydrogens (tertiary/aromatic N) is 1. The molecule has 0 rings (SSSR count). The summed E-state index contributed by atoms with van der Waals surface area (Å²) in [5, 5.41) is 0. The Morgan fingerprint density at radius 2 is 2.50 bits per heavy atom. The maximum absolute atomic E-state index is 10.4. The predicted molar refractivity (Wildman–Crippen MR) is 37.5 cm³/mol. The van der Waals surface area contributed by atoms with Gasteiger partial charge in [-0.15, -0.1) is 6.58 Å². The van der Waals surface area contributed by atoms with E-state index < -0.39 is 0 Å². The molecule has 0 spiro atoms. The molecule has 0 bridgehead atoms. The zero-order chi connectivity index (χ0) is 6.57. The summed E-state index contributed by atoms with van der Waals surface area (Å²) < 4.78 is 1.73. The molecular formula is C5H11NOSi. The summed E-state index contributed by atoms with van der Waals surface area (Å²) in [5.74, 6) is 0.136. The maximum atomic E-state index is 10.4. The van der Waals surface area contributed by atoms with Crippen LogP contribution >= 0.6 is 0 Å². The first-order valence-electron chi connectivity index (χ1n) is 2.51. The summed E-state index contributed by atoms with van der Waals surface area (Å²) in [5.41, 5.74) is 0. The first kappa shape index (κ1) is 7.43. The van der Waals surface area contributed by atoms with Crippen molar-refractivity contribution in [3.63, 3.8) is 0 Å². The van der Waals surface area contributed by atoms with Crippen molar-refractivity contribution in [2.75, 3.05) is 6.54 Å². The fourth-order valence-corrected chi connectivity index (χ4v) is 0.580. The SMILES string of the molecule is C=CCN([SiH3])C(C)=O. The Bertz CT molecular complexity index is 103. The molecule has 0 heterocycles. The third kappa shape index (κ3) is 2.57. The van der Waals surface area contributed by atoms with Gasteiger partial charge in [-0.3, -0.25) is 4.79 Å². The molecule has 0 aromatic rings. The van der Waals surface area contributed by atoms with Crippen molar-refractivity contribution < 1.29 is 4.79 Å². The van der Waals surface area contributed by atoms with Crippen LogP contribution in [0.15, 0.2) is 12.7 Å². The van der Waals surface area contributed by atoms with E-state index in [1.165, 1.54) is 0 Å². The van der Waals surface area contributed by atoms with Crippen LogP contribution in [0.1, 0.15) is 6.92 Å². The Balaban J connectivity index is 3.46. The highest BCUT2D eigenvalue weighted by atomic mass is 28.2. The van der Waals surface area contributed by atoms with Crippen LogP contribution in [-0.2, 0) is 4.79 Å². The van der Waals surface area contributed by atoms with Gasteiger partial charge in [0.1, 0.15) is 10.4 Å². The molecule has 2 nitrogen and oxygen atoms in total. The molecule has 0 atom stereocenters. The van der Waals surface area contributed by atoms with Crippen molar-refractivity contribution in [1.29, 1.82) is 0 Å². The van der Waals surface area contributed by atoms with E-state index >= 15 is 0 Å². The molecule has 3 heteroatoms. The molecule has 0 aromatic heterocycles. The van der Waals surface area contributed by atoms with E-state index in [1.54, 1.807) is 17.6 Å². The minimum Gasteiger partial charge on any atom is -0.375 e. The Hall–Kier alpha value is -0.573. The average molecular weight is 129 g/mol. The van der Waals surface area contributed by atoms with Crippen LogP contribution < -0.4 is 0 Å². The van der Waals surface area contributed by atoms with Crippen molar-refractivity contribution in [3.05, 3.63) is 12.7 Å². The molecule has 0 aromatic carbocycles. The van der Waals surface area contributed by atoms with E-state index in [9.17, 15) is 4.79 Å². The largest absolute Gasteiger partial charge is 0.375 e. The van der Waals surface area contributed by atoms with E-state index in [0.29, 0.717) is 6.54 Å². The fraction of sp³-hybridized carbons (Fsp3) is 0.400. The first-order chi connectivity index (χ1) is 3.68. The van der Waals surface area contributed by atoms with Crippen molar-refractivity contribution >= 4 is 16.3 Å². The van der Waals surface area contributed by atoms with Crippen LogP contribution in [0.3, 0.4) is 0 Å². The molecule has 0 saturated carbocycles. The van der Waals surface area contributed by atoms with Crippen LogP contribution in [0.25, 0.3) is 0 Å². The second-order valence-electron chi connectivity index (χ2n) is 1.69. The second-order valence-corrected chi connectivity index (χ2v) is 2.77. The Kier molecular flexibility index (Phi) is 3.19. The van der Waals surface area contributed by atoms with Gasteiger partial charge in [0.2, 0.25) is 5.91 Å². The lowest BCUT2D eigenvalue weighted by molar-refractivity contribution is -0.124. The third-order valence-corrected chi connectivity index (χ3v) is 1.94. The number of hydrogen-bond acceptors (Lipinski definition) is 1. The number of hydrogen-bond donors (Lipinski definition) is 0. The molecule has 0 unspecified atom stereocenters. The summed E-state index contributed by atoms with van der Waals surface area (Å²) >= 11 is 0. The van der Waals surface area contributed by atoms with E-state index in [1.807, 2.05) is 0 Å². The molecule has 46 valence electrons. The summed E-state index contributed by atoms with van der Waals surface area (Å²) in [6, 6.07) is 0. The summed E-state index contributed by atoms with van der Waals surface area (Å²) in [7, 11) is 0.796. The molecular weight excluding hydrogens is 118 g/mol. The fourth-order valence-electron chi connectivity index (χ4n) is 0.322. The number of carbonyl (C=O) groups is 1. The minimum absolute atomic E-state index is 0.136. The van der Waals surface area contributed by atoms with E-state index in [0.717, 1.165) is 10.4 Å². The maximum Gasteiger partial charge on any atom is 0.211 e. The van der Waals surface area contributed by atoms with E-state index in [2.05, 4.69) is 6.58 Å². The average Bonchev–Trinajstić information content (AvgIpc) is 1.67. The second kappa shape index (κ2) is 3.43. The molecule has 0 aliphatic carbocycles. The topological polar surface area (TPSA) is 20.3 Å². The molecule has 0 aliphatic rings. The highest BCUT2D eigenvalue weighted by Crippen LogP contribution is 1.79. The van der Waals surface area contributed by atoms with Crippen LogP contribution in [0, 0.1) is 0 Å². The van der Waals surface area contributed by atoms with Crippen LogP contribution in [-0.4, -0.2) is 27.4 Å². The van der Waals surface area contributed by atoms with Crippen LogP contribution in [0.4, 0.5) is 0 Å². The van der Waals surface area contributed by atoms with Gasteiger partial charge in [-0.25, -0.2) is 0 Å². The van der Waals surface area contributed by atoms with Gasteiger partial charge in [-0.2, -0.15) is 0 Å². The van der Waals surface area contributed by atoms with Crippen molar-refractivity contribution in [2.24, 2.45) is 0 Å². The zero-order valence-corrected chi connectivity index (χ0v) is 7.35. The lowest BCUT2D eigenvalue weighted by Gasteiger charge is -2.10. The highest BCUT2D eigenvalue weighted by molar-refractivity contribution is 6.13. The van der Waals surface area contributed by atoms with Gasteiger partial charge in [-0.05, 0) is 0 Å². The lowest BCUT2D eigenvalue weighted by atomic mass is 10.6. The zero-order valence-electron chi connectivity index (χ0n) is 5.35. The quantitative estimate of drug-likeness (QED) is 0.357. The van der Waals surface area contributed by atoms with Crippen molar-refractivity contribution in [1.82, 2.24) is 4.57 Å². The lowest BCUT2D eigenvalue weighted by Crippen LogP contribution is -2.25. The minimum atomic E-state index is 0.136. The molecule has 8 heavy (non-hydrogen) atoms. The van der Waals surface area contributed by atoms with Crippen LogP contribution in [0.2, 0.25) is 0 Å². The van der Waals surface area contributed by atoms with Gasteiger partial charge in [0.15, 0.2) is 0 Å². The summed E-state index contributed by atoms with van der Waals surface area (Å²) in [6.07, 6.45) is 1.73. The number of carbonyl (C=O) groups excluding carboxylic acids is 1. The van der Waals surface area contributed by atoms with Crippen LogP contribution in [0.5, 0.6) is 0 Å². The van der Waals surface area contributed by atoms with Gasteiger partial charge >= 0.3 is 0 Å². The molecule has 0 radical (unpaired) electrons. The van der Waals surface area contributed by atoms with Crippen molar-refractivity contribution in [2.45, 2.75) is 6.92 Å². The molecule has 0 N–H and O–H groups in total. The predicted octanol–water partition coefficient (Wildman–Crippen LogP) is -0.699. The van der Waals surface area contributed by atoms with E-state index in [-0.39, 0.29) is 5.91 Å². The molecule has 0 fully saturated rings. The first-order valence-corrected chi connectivity index (χ1v) is 3.40. The molecule has 0 aliphatic heterocycles. The third-order valence-electron chi connectivity index (χ3n) is 0.941. The Labute approximate surface area is 52.7 Å². The van der Waals surface area contributed by atoms with Crippen molar-refractivity contribution in [3.8, 4) is 0 Å². The van der Waals surface area contributed by atoms with Gasteiger partial charge in [0.25, 0.3) is 0 Å². The van der Waals surface area contributed by atoms with E-state index in [4.69, 9.17) is 0 Å². The Morgan fingerprint density at radius 1 is 2.00 bits per heavy atom. The normalized spacial score (nSPS) is 8.62. The molecule has 1 amide bonds. The Morgan fingerprint density at radius 3 is 2.62 bits per heavy atom. The van der Waals surface area contributed by atoms with Gasteiger partial charge in [0, 0.05) is 13.5 Å². The smallest absolute Gasteiger partial charge is 0.211 e. The number of amides is 1. The molecule has 0 saturated heterocycles. The summed E-state index contributed by atoms with van der Waals surface area (Å²) in [6.45, 7) is 5.77. The van der Waals surface area contributed by atoms with Gasteiger partial charge in [0.05, 0.1) is 0 Å². The number of rotatable bonds is 2. The van der Waals surface area contributed by atoms with Gasteiger partial charge in [-0.1, -0.05) is 6.08 Å².